The number of hydrogen-bond acceptors (Lipinski definition) is 4. The molecular weight excluding hydrogens is 208 g/mol. The summed E-state index contributed by atoms with van der Waals surface area (Å²) in [6.07, 6.45) is 2.44. The Morgan fingerprint density at radius 3 is 3.14 bits per heavy atom. The predicted octanol–water partition coefficient (Wildman–Crippen LogP) is 0.911. The Morgan fingerprint density at radius 1 is 1.71 bits per heavy atom. The van der Waals surface area contributed by atoms with Crippen molar-refractivity contribution in [2.75, 3.05) is 6.61 Å². The molecule has 0 radical (unpaired) electrons. The number of ether oxygens (including phenoxy) is 1. The van der Waals surface area contributed by atoms with Crippen molar-refractivity contribution in [3.8, 4) is 5.75 Å². The molecule has 14 heavy (non-hydrogen) atoms. The van der Waals surface area contributed by atoms with E-state index >= 15 is 0 Å². The Hall–Kier alpha value is -1.07. The van der Waals surface area contributed by atoms with Crippen molar-refractivity contribution in [3.63, 3.8) is 0 Å². The van der Waals surface area contributed by atoms with Crippen LogP contribution in [-0.2, 0) is 4.74 Å². The third-order valence-electron chi connectivity index (χ3n) is 2.10. The molecule has 76 valence electrons. The van der Waals surface area contributed by atoms with Gasteiger partial charge in [-0.15, -0.1) is 0 Å². The molecule has 0 aromatic carbocycles. The van der Waals surface area contributed by atoms with Crippen LogP contribution in [0.5, 0.6) is 5.75 Å². The summed E-state index contributed by atoms with van der Waals surface area (Å²) in [5, 5.41) is 12.7. The fourth-order valence-electron chi connectivity index (χ4n) is 1.39. The lowest BCUT2D eigenvalue weighted by Gasteiger charge is -2.11. The molecule has 1 N–H and O–H groups in total. The van der Waals surface area contributed by atoms with Crippen molar-refractivity contribution < 1.29 is 9.84 Å². The van der Waals surface area contributed by atoms with Gasteiger partial charge >= 0.3 is 0 Å². The maximum Gasteiger partial charge on any atom is 0.291 e. The molecule has 0 saturated carbocycles. The third-order valence-corrected chi connectivity index (χ3v) is 2.46. The first-order valence-corrected chi connectivity index (χ1v) is 4.66. The Balaban J connectivity index is 2.44. The summed E-state index contributed by atoms with van der Waals surface area (Å²) in [6.45, 7) is 0.622. The van der Waals surface area contributed by atoms with Gasteiger partial charge in [-0.2, -0.15) is 9.78 Å². The molecule has 5 nitrogen and oxygen atoms in total. The minimum Gasteiger partial charge on any atom is -0.505 e. The fourth-order valence-corrected chi connectivity index (χ4v) is 1.53. The standard InChI is InChI=1S/C8H9ClN2O3/c9-7-5(12)4-10-11(8(7)13)6-2-1-3-14-6/h4,6,12H,1-3H2/t6-/m0/s1. The van der Waals surface area contributed by atoms with E-state index in [-0.39, 0.29) is 17.0 Å². The van der Waals surface area contributed by atoms with Crippen LogP contribution >= 0.6 is 11.6 Å². The van der Waals surface area contributed by atoms with E-state index in [0.717, 1.165) is 23.7 Å². The van der Waals surface area contributed by atoms with Crippen LogP contribution in [0.15, 0.2) is 11.0 Å². The molecule has 0 amide bonds. The molecule has 1 aromatic rings. The number of hydrogen-bond donors (Lipinski definition) is 1. The normalized spacial score (nSPS) is 21.4. The van der Waals surface area contributed by atoms with Gasteiger partial charge < -0.3 is 9.84 Å². The lowest BCUT2D eigenvalue weighted by molar-refractivity contribution is 0.0425. The molecule has 1 fully saturated rings. The highest BCUT2D eigenvalue weighted by atomic mass is 35.5. The lowest BCUT2D eigenvalue weighted by Crippen LogP contribution is -2.26. The second kappa shape index (κ2) is 3.59. The predicted molar refractivity (Wildman–Crippen MR) is 49.4 cm³/mol. The molecule has 1 aliphatic heterocycles. The van der Waals surface area contributed by atoms with Gasteiger partial charge in [-0.1, -0.05) is 11.6 Å². The average molecular weight is 217 g/mol. The van der Waals surface area contributed by atoms with Gasteiger partial charge in [0.15, 0.2) is 17.0 Å². The molecule has 0 unspecified atom stereocenters. The SMILES string of the molecule is O=c1c(Cl)c(O)cnn1[C@@H]1CCCO1. The molecule has 1 saturated heterocycles. The van der Waals surface area contributed by atoms with Crippen molar-refractivity contribution in [3.05, 3.63) is 21.6 Å². The smallest absolute Gasteiger partial charge is 0.291 e. The van der Waals surface area contributed by atoms with Crippen LogP contribution in [0.3, 0.4) is 0 Å². The topological polar surface area (TPSA) is 64.3 Å². The molecule has 1 aliphatic rings. The monoisotopic (exact) mass is 216 g/mol. The molecule has 2 heterocycles. The van der Waals surface area contributed by atoms with Crippen molar-refractivity contribution in [2.45, 2.75) is 19.1 Å². The van der Waals surface area contributed by atoms with E-state index in [1.807, 2.05) is 0 Å². The number of aromatic hydroxyl groups is 1. The van der Waals surface area contributed by atoms with E-state index in [9.17, 15) is 4.79 Å². The van der Waals surface area contributed by atoms with Crippen LogP contribution in [0, 0.1) is 0 Å². The maximum atomic E-state index is 11.5. The van der Waals surface area contributed by atoms with Gasteiger partial charge in [-0.3, -0.25) is 4.79 Å². The van der Waals surface area contributed by atoms with Gasteiger partial charge in [0, 0.05) is 6.61 Å². The first-order chi connectivity index (χ1) is 6.70. The van der Waals surface area contributed by atoms with Gasteiger partial charge in [0.25, 0.3) is 5.56 Å². The van der Waals surface area contributed by atoms with E-state index in [1.54, 1.807) is 0 Å². The Morgan fingerprint density at radius 2 is 2.50 bits per heavy atom. The zero-order valence-electron chi connectivity index (χ0n) is 7.31. The average Bonchev–Trinajstić information content (AvgIpc) is 2.67. The summed E-state index contributed by atoms with van der Waals surface area (Å²) >= 11 is 5.58. The van der Waals surface area contributed by atoms with Crippen molar-refractivity contribution in [1.82, 2.24) is 9.78 Å². The Labute approximate surface area is 84.9 Å². The third kappa shape index (κ3) is 1.49. The molecule has 1 aromatic heterocycles. The van der Waals surface area contributed by atoms with E-state index in [0.29, 0.717) is 6.61 Å². The number of nitrogens with zero attached hydrogens (tertiary/aromatic N) is 2. The highest BCUT2D eigenvalue weighted by Crippen LogP contribution is 2.22. The van der Waals surface area contributed by atoms with Crippen LogP contribution in [0.1, 0.15) is 19.1 Å². The summed E-state index contributed by atoms with van der Waals surface area (Å²) in [6, 6.07) is 0. The highest BCUT2D eigenvalue weighted by Gasteiger charge is 2.21. The molecule has 2 rings (SSSR count). The second-order valence-corrected chi connectivity index (χ2v) is 3.44. The summed E-state index contributed by atoms with van der Waals surface area (Å²) in [5.41, 5.74) is -0.515. The van der Waals surface area contributed by atoms with Crippen LogP contribution in [0.25, 0.3) is 0 Å². The van der Waals surface area contributed by atoms with E-state index in [1.165, 1.54) is 0 Å². The number of rotatable bonds is 1. The number of aromatic nitrogens is 2. The Kier molecular flexibility index (Phi) is 2.43. The van der Waals surface area contributed by atoms with Crippen LogP contribution in [-0.4, -0.2) is 21.5 Å². The number of halogens is 1. The fraction of sp³-hybridized carbons (Fsp3) is 0.500. The van der Waals surface area contributed by atoms with E-state index in [4.69, 9.17) is 21.4 Å². The minimum atomic E-state index is -0.515. The molecule has 0 bridgehead atoms. The lowest BCUT2D eigenvalue weighted by atomic mass is 10.3. The molecule has 1 atom stereocenters. The van der Waals surface area contributed by atoms with Crippen molar-refractivity contribution in [1.29, 1.82) is 0 Å². The quantitative estimate of drug-likeness (QED) is 0.758. The molecule has 0 spiro atoms. The van der Waals surface area contributed by atoms with E-state index < -0.39 is 5.56 Å². The molecule has 0 aliphatic carbocycles. The summed E-state index contributed by atoms with van der Waals surface area (Å²) < 4.78 is 6.44. The van der Waals surface area contributed by atoms with Crippen LogP contribution in [0.2, 0.25) is 5.02 Å². The zero-order valence-corrected chi connectivity index (χ0v) is 8.07. The van der Waals surface area contributed by atoms with Crippen LogP contribution in [0.4, 0.5) is 0 Å². The minimum absolute atomic E-state index is 0.212. The first-order valence-electron chi connectivity index (χ1n) is 4.28. The van der Waals surface area contributed by atoms with Crippen molar-refractivity contribution >= 4 is 11.6 Å². The van der Waals surface area contributed by atoms with Gasteiger partial charge in [-0.05, 0) is 12.8 Å². The maximum absolute atomic E-state index is 11.5. The van der Waals surface area contributed by atoms with Gasteiger partial charge in [0.1, 0.15) is 0 Å². The van der Waals surface area contributed by atoms with Gasteiger partial charge in [-0.25, -0.2) is 0 Å². The molecular formula is C8H9ClN2O3. The molecule has 6 heteroatoms. The van der Waals surface area contributed by atoms with Gasteiger partial charge in [0.2, 0.25) is 0 Å². The zero-order chi connectivity index (χ0) is 10.1. The van der Waals surface area contributed by atoms with E-state index in [2.05, 4.69) is 5.10 Å². The summed E-state index contributed by atoms with van der Waals surface area (Å²) in [5.74, 6) is -0.300. The Bertz CT molecular complexity index is 398. The summed E-state index contributed by atoms with van der Waals surface area (Å²) in [7, 11) is 0. The van der Waals surface area contributed by atoms with Crippen molar-refractivity contribution in [2.24, 2.45) is 0 Å². The second-order valence-electron chi connectivity index (χ2n) is 3.06. The summed E-state index contributed by atoms with van der Waals surface area (Å²) in [4.78, 5) is 11.5. The first kappa shape index (κ1) is 9.48. The van der Waals surface area contributed by atoms with Crippen LogP contribution < -0.4 is 5.56 Å². The van der Waals surface area contributed by atoms with Gasteiger partial charge in [0.05, 0.1) is 6.20 Å². The highest BCUT2D eigenvalue weighted by molar-refractivity contribution is 6.31. The largest absolute Gasteiger partial charge is 0.505 e.